The number of benzene rings is 8. The molecular weight excluding hydrogens is 655 g/mol. The molecule has 0 amide bonds. The lowest BCUT2D eigenvalue weighted by atomic mass is 9.97. The third kappa shape index (κ3) is 4.50. The molecule has 0 unspecified atom stereocenters. The Balaban J connectivity index is 1.12. The van der Waals surface area contributed by atoms with Crippen molar-refractivity contribution in [2.24, 2.45) is 0 Å². The molecule has 0 fully saturated rings. The van der Waals surface area contributed by atoms with Crippen molar-refractivity contribution in [1.82, 2.24) is 15.0 Å². The highest BCUT2D eigenvalue weighted by molar-refractivity contribution is 7.26. The van der Waals surface area contributed by atoms with E-state index in [0.717, 1.165) is 55.0 Å². The van der Waals surface area contributed by atoms with Crippen LogP contribution in [0.5, 0.6) is 0 Å². The lowest BCUT2D eigenvalue weighted by Gasteiger charge is -2.12. The number of fused-ring (bicyclic) bond motifs is 9. The van der Waals surface area contributed by atoms with Crippen molar-refractivity contribution < 1.29 is 4.42 Å². The average Bonchev–Trinajstić information content (AvgIpc) is 3.79. The maximum atomic E-state index is 6.48. The summed E-state index contributed by atoms with van der Waals surface area (Å²) in [4.78, 5) is 15.6. The van der Waals surface area contributed by atoms with Gasteiger partial charge in [0.05, 0.1) is 5.56 Å². The molecule has 0 radical (unpaired) electrons. The minimum Gasteiger partial charge on any atom is -0.455 e. The van der Waals surface area contributed by atoms with E-state index in [2.05, 4.69) is 140 Å². The number of nitrogens with zero attached hydrogens (tertiary/aromatic N) is 3. The normalized spacial score (nSPS) is 11.8. The van der Waals surface area contributed by atoms with Gasteiger partial charge in [-0.05, 0) is 45.5 Å². The molecule has 0 aliphatic carbocycles. The minimum absolute atomic E-state index is 0.570. The van der Waals surface area contributed by atoms with Gasteiger partial charge in [0.25, 0.3) is 0 Å². The zero-order chi connectivity index (χ0) is 34.2. The quantitative estimate of drug-likeness (QED) is 0.174. The zero-order valence-electron chi connectivity index (χ0n) is 27.7. The number of furan rings is 1. The van der Waals surface area contributed by atoms with Gasteiger partial charge in [-0.25, -0.2) is 15.0 Å². The smallest absolute Gasteiger partial charge is 0.167 e. The van der Waals surface area contributed by atoms with E-state index in [1.54, 1.807) is 0 Å². The van der Waals surface area contributed by atoms with Crippen LogP contribution in [0.4, 0.5) is 0 Å². The van der Waals surface area contributed by atoms with Crippen molar-refractivity contribution in [3.05, 3.63) is 164 Å². The fourth-order valence-corrected chi connectivity index (χ4v) is 8.93. The Morgan fingerprint density at radius 1 is 0.385 bits per heavy atom. The molecule has 11 aromatic rings. The Morgan fingerprint density at radius 3 is 1.87 bits per heavy atom. The van der Waals surface area contributed by atoms with Crippen LogP contribution in [0.1, 0.15) is 0 Å². The highest BCUT2D eigenvalue weighted by atomic mass is 32.1. The zero-order valence-corrected chi connectivity index (χ0v) is 28.6. The van der Waals surface area contributed by atoms with Crippen LogP contribution < -0.4 is 0 Å². The third-order valence-corrected chi connectivity index (χ3v) is 11.4. The molecule has 0 atom stereocenters. The number of hydrogen-bond acceptors (Lipinski definition) is 5. The van der Waals surface area contributed by atoms with Crippen molar-refractivity contribution in [3.63, 3.8) is 0 Å². The monoisotopic (exact) mass is 681 g/mol. The summed E-state index contributed by atoms with van der Waals surface area (Å²) in [6.07, 6.45) is 0. The Kier molecular flexibility index (Phi) is 6.39. The van der Waals surface area contributed by atoms with Gasteiger partial charge in [0, 0.05) is 47.5 Å². The molecule has 0 aliphatic heterocycles. The summed E-state index contributed by atoms with van der Waals surface area (Å²) >= 11 is 1.84. The molecule has 4 nitrogen and oxygen atoms in total. The topological polar surface area (TPSA) is 51.8 Å². The van der Waals surface area contributed by atoms with E-state index < -0.39 is 0 Å². The fraction of sp³-hybridized carbons (Fsp3) is 0. The van der Waals surface area contributed by atoms with Crippen molar-refractivity contribution in [3.8, 4) is 45.3 Å². The van der Waals surface area contributed by atoms with Crippen LogP contribution in [-0.2, 0) is 0 Å². The molecule has 3 aromatic heterocycles. The summed E-state index contributed by atoms with van der Waals surface area (Å²) in [6, 6.07) is 57.4. The highest BCUT2D eigenvalue weighted by Gasteiger charge is 2.19. The van der Waals surface area contributed by atoms with E-state index in [-0.39, 0.29) is 0 Å². The predicted molar refractivity (Wildman–Crippen MR) is 217 cm³/mol. The molecule has 3 heterocycles. The van der Waals surface area contributed by atoms with Gasteiger partial charge in [-0.3, -0.25) is 0 Å². The van der Waals surface area contributed by atoms with Crippen LogP contribution in [0.3, 0.4) is 0 Å². The SMILES string of the molecule is c1ccc2c(c1)ccc1cccc(-c3nc(-c4ccc(-c5cccc6c5sc5ccccc56)cc4)nc(-c4cccc5c4oc4ccccc45)n3)c12. The lowest BCUT2D eigenvalue weighted by molar-refractivity contribution is 0.669. The van der Waals surface area contributed by atoms with E-state index in [0.29, 0.717) is 17.5 Å². The first-order valence-corrected chi connectivity index (χ1v) is 18.2. The van der Waals surface area contributed by atoms with E-state index in [4.69, 9.17) is 19.4 Å². The molecule has 0 saturated carbocycles. The van der Waals surface area contributed by atoms with Crippen LogP contribution in [0.2, 0.25) is 0 Å². The number of aromatic nitrogens is 3. The van der Waals surface area contributed by atoms with Crippen molar-refractivity contribution >= 4 is 75.0 Å². The first kappa shape index (κ1) is 29.1. The molecule has 0 saturated heterocycles. The molecule has 0 bridgehead atoms. The molecule has 242 valence electrons. The molecule has 8 aromatic carbocycles. The highest BCUT2D eigenvalue weighted by Crippen LogP contribution is 2.41. The minimum atomic E-state index is 0.570. The van der Waals surface area contributed by atoms with Crippen LogP contribution >= 0.6 is 11.3 Å². The summed E-state index contributed by atoms with van der Waals surface area (Å²) in [5.74, 6) is 1.80. The lowest BCUT2D eigenvalue weighted by Crippen LogP contribution is -2.01. The summed E-state index contributed by atoms with van der Waals surface area (Å²) in [5.41, 5.74) is 6.69. The number of rotatable bonds is 4. The van der Waals surface area contributed by atoms with Gasteiger partial charge < -0.3 is 4.42 Å². The molecule has 11 rings (SSSR count). The van der Waals surface area contributed by atoms with E-state index in [1.165, 1.54) is 36.5 Å². The Bertz CT molecular complexity index is 3190. The third-order valence-electron chi connectivity index (χ3n) is 10.1. The average molecular weight is 682 g/mol. The second-order valence-electron chi connectivity index (χ2n) is 13.1. The van der Waals surface area contributed by atoms with Gasteiger partial charge in [-0.2, -0.15) is 0 Å². The Hall–Kier alpha value is -6.69. The standard InChI is InChI=1S/C47H27N3OS/c1-2-12-32-28(10-1)22-25-30-11-7-18-38(42(30)32)46-48-45(49-47(50-46)39-19-9-16-36-34-13-3-5-20-40(34)51-43(36)39)31-26-23-29(24-27-31)33-15-8-17-37-35-14-4-6-21-41(35)52-44(33)37/h1-27H. The summed E-state index contributed by atoms with van der Waals surface area (Å²) < 4.78 is 9.07. The van der Waals surface area contributed by atoms with Crippen LogP contribution in [0.15, 0.2) is 168 Å². The van der Waals surface area contributed by atoms with Gasteiger partial charge in [0.15, 0.2) is 17.5 Å². The van der Waals surface area contributed by atoms with Gasteiger partial charge in [0.2, 0.25) is 0 Å². The molecular formula is C47H27N3OS. The number of thiophene rings is 1. The molecule has 0 aliphatic rings. The van der Waals surface area contributed by atoms with Gasteiger partial charge in [-0.15, -0.1) is 11.3 Å². The molecule has 5 heteroatoms. The molecule has 0 spiro atoms. The first-order valence-electron chi connectivity index (χ1n) is 17.4. The fourth-order valence-electron chi connectivity index (χ4n) is 7.69. The summed E-state index contributed by atoms with van der Waals surface area (Å²) in [7, 11) is 0. The van der Waals surface area contributed by atoms with Gasteiger partial charge in [0.1, 0.15) is 11.2 Å². The van der Waals surface area contributed by atoms with E-state index >= 15 is 0 Å². The van der Waals surface area contributed by atoms with Gasteiger partial charge >= 0.3 is 0 Å². The molecule has 52 heavy (non-hydrogen) atoms. The second kappa shape index (κ2) is 11.4. The van der Waals surface area contributed by atoms with Crippen LogP contribution in [0.25, 0.3) is 109 Å². The van der Waals surface area contributed by atoms with Crippen LogP contribution in [0, 0.1) is 0 Å². The van der Waals surface area contributed by atoms with E-state index in [1.807, 2.05) is 35.6 Å². The first-order chi connectivity index (χ1) is 25.8. The van der Waals surface area contributed by atoms with Crippen LogP contribution in [-0.4, -0.2) is 15.0 Å². The predicted octanol–water partition coefficient (Wildman–Crippen LogP) is 13.1. The second-order valence-corrected chi connectivity index (χ2v) is 14.2. The number of para-hydroxylation sites is 2. The largest absolute Gasteiger partial charge is 0.455 e. The Morgan fingerprint density at radius 2 is 0.981 bits per heavy atom. The van der Waals surface area contributed by atoms with Gasteiger partial charge in [-0.1, -0.05) is 146 Å². The Labute approximate surface area is 302 Å². The summed E-state index contributed by atoms with van der Waals surface area (Å²) in [5, 5.41) is 9.29. The van der Waals surface area contributed by atoms with Crippen molar-refractivity contribution in [2.45, 2.75) is 0 Å². The van der Waals surface area contributed by atoms with E-state index in [9.17, 15) is 0 Å². The van der Waals surface area contributed by atoms with Crippen molar-refractivity contribution in [1.29, 1.82) is 0 Å². The molecule has 0 N–H and O–H groups in total. The number of hydrogen-bond donors (Lipinski definition) is 0. The maximum absolute atomic E-state index is 6.48. The summed E-state index contributed by atoms with van der Waals surface area (Å²) in [6.45, 7) is 0. The maximum Gasteiger partial charge on any atom is 0.167 e. The van der Waals surface area contributed by atoms with Crippen molar-refractivity contribution in [2.75, 3.05) is 0 Å².